The third-order valence-corrected chi connectivity index (χ3v) is 5.76. The highest BCUT2D eigenvalue weighted by atomic mass is 32.2. The normalized spacial score (nSPS) is 12.6. The number of ether oxygens (including phenoxy) is 1. The third kappa shape index (κ3) is 7.20. The zero-order valence-electron chi connectivity index (χ0n) is 18.1. The molecule has 31 heavy (non-hydrogen) atoms. The maximum absolute atomic E-state index is 12.8. The highest BCUT2D eigenvalue weighted by Crippen LogP contribution is 2.29. The Morgan fingerprint density at radius 1 is 1.10 bits per heavy atom. The van der Waals surface area contributed by atoms with Gasteiger partial charge < -0.3 is 15.2 Å². The van der Waals surface area contributed by atoms with Crippen molar-refractivity contribution in [3.05, 3.63) is 57.6 Å². The van der Waals surface area contributed by atoms with Crippen LogP contribution in [0.3, 0.4) is 0 Å². The zero-order chi connectivity index (χ0) is 23.2. The number of nitro benzene ring substituents is 1. The first-order valence-electron chi connectivity index (χ1n) is 9.87. The molecular weight excluding hydrogens is 422 g/mol. The number of sulfonamides is 1. The van der Waals surface area contributed by atoms with Crippen LogP contribution >= 0.6 is 0 Å². The van der Waals surface area contributed by atoms with Crippen LogP contribution in [0.15, 0.2) is 41.3 Å². The molecule has 0 spiro atoms. The average molecular weight is 452 g/mol. The number of nitro groups is 1. The van der Waals surface area contributed by atoms with Crippen molar-refractivity contribution in [1.82, 2.24) is 0 Å². The number of anilines is 2. The molecule has 0 bridgehead atoms. The van der Waals surface area contributed by atoms with Gasteiger partial charge in [0.1, 0.15) is 5.69 Å². The molecule has 1 atom stereocenters. The molecule has 0 heterocycles. The predicted octanol–water partition coefficient (Wildman–Crippen LogP) is 3.46. The summed E-state index contributed by atoms with van der Waals surface area (Å²) < 4.78 is 33.3. The summed E-state index contributed by atoms with van der Waals surface area (Å²) in [6.45, 7) is 8.25. The molecule has 2 aromatic carbocycles. The number of aliphatic hydroxyl groups excluding tert-OH is 1. The molecule has 0 radical (unpaired) electrons. The molecule has 3 N–H and O–H groups in total. The Bertz CT molecular complexity index is 1020. The van der Waals surface area contributed by atoms with Crippen molar-refractivity contribution >= 4 is 27.1 Å². The summed E-state index contributed by atoms with van der Waals surface area (Å²) in [6.07, 6.45) is -0.868. The summed E-state index contributed by atoms with van der Waals surface area (Å²) >= 11 is 0. The lowest BCUT2D eigenvalue weighted by Gasteiger charge is -2.15. The average Bonchev–Trinajstić information content (AvgIpc) is 2.68. The fourth-order valence-electron chi connectivity index (χ4n) is 2.84. The largest absolute Gasteiger partial charge is 0.389 e. The second-order valence-electron chi connectivity index (χ2n) is 7.83. The first-order valence-corrected chi connectivity index (χ1v) is 11.4. The van der Waals surface area contributed by atoms with E-state index >= 15 is 0 Å². The van der Waals surface area contributed by atoms with Gasteiger partial charge in [-0.25, -0.2) is 8.42 Å². The van der Waals surface area contributed by atoms with E-state index in [0.717, 1.165) is 17.2 Å². The van der Waals surface area contributed by atoms with E-state index in [2.05, 4.69) is 10.0 Å². The molecular formula is C21H29N3O6S. The maximum Gasteiger partial charge on any atom is 0.293 e. The van der Waals surface area contributed by atoms with E-state index < -0.39 is 26.7 Å². The molecule has 0 aromatic heterocycles. The minimum atomic E-state index is -4.02. The van der Waals surface area contributed by atoms with Crippen LogP contribution in [-0.4, -0.2) is 44.3 Å². The van der Waals surface area contributed by atoms with Crippen LogP contribution in [0.25, 0.3) is 0 Å². The number of nitrogens with one attached hydrogen (secondary N) is 2. The quantitative estimate of drug-likeness (QED) is 0.352. The lowest BCUT2D eigenvalue weighted by Crippen LogP contribution is -2.26. The molecule has 0 saturated heterocycles. The number of aryl methyl sites for hydroxylation is 2. The summed E-state index contributed by atoms with van der Waals surface area (Å²) in [6, 6.07) is 8.85. The van der Waals surface area contributed by atoms with E-state index in [-0.39, 0.29) is 23.7 Å². The molecule has 1 unspecified atom stereocenters. The van der Waals surface area contributed by atoms with Crippen LogP contribution in [0.2, 0.25) is 0 Å². The Morgan fingerprint density at radius 2 is 1.77 bits per heavy atom. The van der Waals surface area contributed by atoms with E-state index in [4.69, 9.17) is 4.74 Å². The van der Waals surface area contributed by atoms with Crippen LogP contribution < -0.4 is 10.0 Å². The monoisotopic (exact) mass is 451 g/mol. The fraction of sp³-hybridized carbons (Fsp3) is 0.429. The van der Waals surface area contributed by atoms with Gasteiger partial charge in [-0.15, -0.1) is 0 Å². The van der Waals surface area contributed by atoms with Gasteiger partial charge >= 0.3 is 0 Å². The molecule has 0 saturated carbocycles. The van der Waals surface area contributed by atoms with Crippen LogP contribution in [-0.2, 0) is 14.8 Å². The Labute approximate surface area is 182 Å². The second kappa shape index (κ2) is 10.6. The van der Waals surface area contributed by atoms with Gasteiger partial charge in [-0.3, -0.25) is 14.8 Å². The Balaban J connectivity index is 2.16. The number of benzene rings is 2. The van der Waals surface area contributed by atoms with E-state index in [0.29, 0.717) is 18.2 Å². The van der Waals surface area contributed by atoms with Crippen molar-refractivity contribution in [2.24, 2.45) is 5.92 Å². The smallest absolute Gasteiger partial charge is 0.293 e. The van der Waals surface area contributed by atoms with Gasteiger partial charge in [0.2, 0.25) is 0 Å². The van der Waals surface area contributed by atoms with Crippen molar-refractivity contribution in [1.29, 1.82) is 0 Å². The summed E-state index contributed by atoms with van der Waals surface area (Å²) in [4.78, 5) is 10.6. The van der Waals surface area contributed by atoms with Crippen LogP contribution in [0.4, 0.5) is 17.1 Å². The summed E-state index contributed by atoms with van der Waals surface area (Å²) in [5, 5.41) is 24.3. The van der Waals surface area contributed by atoms with Gasteiger partial charge in [0, 0.05) is 19.2 Å². The standard InChI is InChI=1S/C21H29N3O6S/c1-14(2)12-30-13-17(25)11-22-20-8-6-18(10-21(20)24(26)27)31(28,29)23-19-7-5-15(3)9-16(19)4/h5-10,14,17,22-23,25H,11-13H2,1-4H3. The minimum absolute atomic E-state index is 0.0197. The molecule has 9 nitrogen and oxygen atoms in total. The lowest BCUT2D eigenvalue weighted by molar-refractivity contribution is -0.384. The van der Waals surface area contributed by atoms with Crippen molar-refractivity contribution in [3.63, 3.8) is 0 Å². The number of nitrogens with zero attached hydrogens (tertiary/aromatic N) is 1. The number of aliphatic hydroxyl groups is 1. The van der Waals surface area contributed by atoms with Gasteiger partial charge in [0.05, 0.1) is 28.2 Å². The summed E-state index contributed by atoms with van der Waals surface area (Å²) in [7, 11) is -4.02. The highest BCUT2D eigenvalue weighted by Gasteiger charge is 2.22. The molecule has 2 rings (SSSR count). The second-order valence-corrected chi connectivity index (χ2v) is 9.51. The van der Waals surface area contributed by atoms with Crippen molar-refractivity contribution < 1.29 is 23.2 Å². The van der Waals surface area contributed by atoms with Crippen LogP contribution in [0, 0.1) is 29.9 Å². The predicted molar refractivity (Wildman–Crippen MR) is 120 cm³/mol. The van der Waals surface area contributed by atoms with Gasteiger partial charge in [-0.05, 0) is 43.5 Å². The van der Waals surface area contributed by atoms with Gasteiger partial charge in [-0.2, -0.15) is 0 Å². The number of rotatable bonds is 11. The Morgan fingerprint density at radius 3 is 2.39 bits per heavy atom. The van der Waals surface area contributed by atoms with Crippen LogP contribution in [0.5, 0.6) is 0 Å². The molecule has 170 valence electrons. The van der Waals surface area contributed by atoms with Crippen molar-refractivity contribution in [2.75, 3.05) is 29.8 Å². The van der Waals surface area contributed by atoms with E-state index in [1.807, 2.05) is 26.8 Å². The molecule has 10 heteroatoms. The molecule has 0 fully saturated rings. The van der Waals surface area contributed by atoms with Gasteiger partial charge in [0.15, 0.2) is 0 Å². The van der Waals surface area contributed by atoms with Crippen molar-refractivity contribution in [2.45, 2.75) is 38.7 Å². The highest BCUT2D eigenvalue weighted by molar-refractivity contribution is 7.92. The molecule has 2 aromatic rings. The van der Waals surface area contributed by atoms with Gasteiger partial charge in [0.25, 0.3) is 15.7 Å². The SMILES string of the molecule is Cc1ccc(NS(=O)(=O)c2ccc(NCC(O)COCC(C)C)c([N+](=O)[O-])c2)c(C)c1. The van der Waals surface area contributed by atoms with Gasteiger partial charge in [-0.1, -0.05) is 31.5 Å². The maximum atomic E-state index is 12.8. The number of hydrogen-bond donors (Lipinski definition) is 3. The summed E-state index contributed by atoms with van der Waals surface area (Å²) in [5.41, 5.74) is 1.84. The zero-order valence-corrected chi connectivity index (χ0v) is 18.9. The first-order chi connectivity index (χ1) is 14.5. The van der Waals surface area contributed by atoms with E-state index in [9.17, 15) is 23.6 Å². The Kier molecular flexibility index (Phi) is 8.37. The summed E-state index contributed by atoms with van der Waals surface area (Å²) in [5.74, 6) is 0.327. The van der Waals surface area contributed by atoms with E-state index in [1.54, 1.807) is 19.1 Å². The molecule has 0 aliphatic rings. The molecule has 0 aliphatic carbocycles. The first kappa shape index (κ1) is 24.6. The number of hydrogen-bond acceptors (Lipinski definition) is 7. The Hall–Kier alpha value is -2.69. The fourth-order valence-corrected chi connectivity index (χ4v) is 3.99. The van der Waals surface area contributed by atoms with Crippen molar-refractivity contribution in [3.8, 4) is 0 Å². The molecule has 0 amide bonds. The lowest BCUT2D eigenvalue weighted by atomic mass is 10.1. The minimum Gasteiger partial charge on any atom is -0.389 e. The third-order valence-electron chi connectivity index (χ3n) is 4.39. The topological polar surface area (TPSA) is 131 Å². The van der Waals surface area contributed by atoms with Crippen LogP contribution in [0.1, 0.15) is 25.0 Å². The molecule has 0 aliphatic heterocycles. The van der Waals surface area contributed by atoms with E-state index in [1.165, 1.54) is 12.1 Å².